The summed E-state index contributed by atoms with van der Waals surface area (Å²) in [5, 5.41) is 16.7. The summed E-state index contributed by atoms with van der Waals surface area (Å²) in [7, 11) is 0. The van der Waals surface area contributed by atoms with Crippen LogP contribution < -0.4 is 20.7 Å². The second-order valence-electron chi connectivity index (χ2n) is 7.57. The molecule has 1 aliphatic rings. The Hall–Kier alpha value is -3.62. The van der Waals surface area contributed by atoms with Crippen molar-refractivity contribution in [3.05, 3.63) is 59.9 Å². The highest BCUT2D eigenvalue weighted by molar-refractivity contribution is 5.94. The number of amides is 3. The number of ether oxygens (including phenoxy) is 1. The molecule has 0 aliphatic heterocycles. The minimum atomic E-state index is -0.750. The number of carbonyl (C=O) groups excluding carboxylic acids is 2. The number of para-hydroxylation sites is 1. The predicted octanol–water partition coefficient (Wildman–Crippen LogP) is 3.40. The van der Waals surface area contributed by atoms with Crippen molar-refractivity contribution in [3.8, 4) is 5.75 Å². The molecule has 0 aromatic heterocycles. The van der Waals surface area contributed by atoms with Crippen LogP contribution in [0.3, 0.4) is 0 Å². The molecule has 0 unspecified atom stereocenters. The third-order valence-corrected chi connectivity index (χ3v) is 5.26. The van der Waals surface area contributed by atoms with E-state index in [1.807, 2.05) is 0 Å². The number of anilines is 1. The number of hydrogen-bond acceptors (Lipinski definition) is 4. The first-order chi connectivity index (χ1) is 15.4. The van der Waals surface area contributed by atoms with Crippen LogP contribution in [0.2, 0.25) is 0 Å². The number of rotatable bonds is 8. The van der Waals surface area contributed by atoms with Crippen molar-refractivity contribution in [2.45, 2.75) is 31.8 Å². The minimum Gasteiger partial charge on any atom is -0.490 e. The van der Waals surface area contributed by atoms with Crippen molar-refractivity contribution in [1.82, 2.24) is 10.6 Å². The van der Waals surface area contributed by atoms with Crippen LogP contribution in [0.5, 0.6) is 5.75 Å². The fourth-order valence-electron chi connectivity index (χ4n) is 3.49. The summed E-state index contributed by atoms with van der Waals surface area (Å²) < 4.78 is 19.4. The first kappa shape index (κ1) is 23.1. The van der Waals surface area contributed by atoms with E-state index in [1.165, 1.54) is 18.2 Å². The quantitative estimate of drug-likeness (QED) is 0.467. The Balaban J connectivity index is 1.36. The highest BCUT2D eigenvalue weighted by atomic mass is 19.1. The van der Waals surface area contributed by atoms with Gasteiger partial charge in [0, 0.05) is 18.7 Å². The summed E-state index contributed by atoms with van der Waals surface area (Å²) in [6.07, 6.45) is 2.57. The van der Waals surface area contributed by atoms with Gasteiger partial charge in [0.05, 0.1) is 17.7 Å². The number of carbonyl (C=O) groups is 3. The highest BCUT2D eigenvalue weighted by Gasteiger charge is 2.26. The fourth-order valence-corrected chi connectivity index (χ4v) is 3.49. The zero-order valence-electron chi connectivity index (χ0n) is 17.5. The molecule has 8 nitrogen and oxygen atoms in total. The second-order valence-corrected chi connectivity index (χ2v) is 7.57. The molecule has 0 bridgehead atoms. The van der Waals surface area contributed by atoms with Gasteiger partial charge in [0.25, 0.3) is 5.91 Å². The van der Waals surface area contributed by atoms with Gasteiger partial charge in [-0.3, -0.25) is 9.59 Å². The third-order valence-electron chi connectivity index (χ3n) is 5.26. The number of aliphatic carboxylic acids is 1. The fraction of sp³-hybridized carbons (Fsp3) is 0.348. The normalized spacial score (nSPS) is 17.8. The van der Waals surface area contributed by atoms with Crippen LogP contribution in [-0.4, -0.2) is 42.2 Å². The molecule has 1 fully saturated rings. The van der Waals surface area contributed by atoms with Crippen LogP contribution in [-0.2, 0) is 4.79 Å². The van der Waals surface area contributed by atoms with Gasteiger partial charge >= 0.3 is 12.0 Å². The van der Waals surface area contributed by atoms with Gasteiger partial charge in [-0.2, -0.15) is 0 Å². The number of halogens is 1. The van der Waals surface area contributed by atoms with E-state index < -0.39 is 17.8 Å². The zero-order valence-corrected chi connectivity index (χ0v) is 17.5. The molecule has 0 atom stereocenters. The summed E-state index contributed by atoms with van der Waals surface area (Å²) in [5.74, 6) is -1.24. The Kier molecular flexibility index (Phi) is 8.02. The molecule has 0 saturated heterocycles. The number of benzene rings is 2. The van der Waals surface area contributed by atoms with Crippen molar-refractivity contribution < 1.29 is 28.6 Å². The zero-order chi connectivity index (χ0) is 22.9. The predicted molar refractivity (Wildman–Crippen MR) is 116 cm³/mol. The smallest absolute Gasteiger partial charge is 0.319 e. The average molecular weight is 443 g/mol. The maximum Gasteiger partial charge on any atom is 0.319 e. The SMILES string of the molecule is O=C(NCCNC(=O)c1ccc(O[C@H]2CC[C@@H](C(=O)O)CC2)cc1)Nc1ccccc1F. The van der Waals surface area contributed by atoms with Gasteiger partial charge < -0.3 is 25.8 Å². The van der Waals surface area contributed by atoms with Gasteiger partial charge in [0.2, 0.25) is 0 Å². The second kappa shape index (κ2) is 11.1. The van der Waals surface area contributed by atoms with E-state index in [0.29, 0.717) is 37.0 Å². The average Bonchev–Trinajstić information content (AvgIpc) is 2.79. The van der Waals surface area contributed by atoms with Crippen LogP contribution in [0.15, 0.2) is 48.5 Å². The number of carboxylic acid groups (broad SMARTS) is 1. The molecule has 4 N–H and O–H groups in total. The maximum absolute atomic E-state index is 13.5. The van der Waals surface area contributed by atoms with Crippen molar-refractivity contribution in [2.24, 2.45) is 5.92 Å². The molecule has 2 aromatic carbocycles. The highest BCUT2D eigenvalue weighted by Crippen LogP contribution is 2.28. The van der Waals surface area contributed by atoms with E-state index in [0.717, 1.165) is 0 Å². The molecule has 0 spiro atoms. The molecular formula is C23H26FN3O5. The van der Waals surface area contributed by atoms with E-state index in [2.05, 4.69) is 16.0 Å². The van der Waals surface area contributed by atoms with Gasteiger partial charge in [-0.15, -0.1) is 0 Å². The Morgan fingerprint density at radius 3 is 2.25 bits per heavy atom. The van der Waals surface area contributed by atoms with Crippen LogP contribution in [0, 0.1) is 11.7 Å². The van der Waals surface area contributed by atoms with Gasteiger partial charge in [-0.1, -0.05) is 12.1 Å². The minimum absolute atomic E-state index is 0.0214. The van der Waals surface area contributed by atoms with Crippen LogP contribution in [0.4, 0.5) is 14.9 Å². The van der Waals surface area contributed by atoms with Crippen molar-refractivity contribution >= 4 is 23.6 Å². The largest absolute Gasteiger partial charge is 0.490 e. The van der Waals surface area contributed by atoms with Crippen LogP contribution >= 0.6 is 0 Å². The molecule has 9 heteroatoms. The number of urea groups is 1. The van der Waals surface area contributed by atoms with Gasteiger partial charge in [-0.05, 0) is 62.1 Å². The Morgan fingerprint density at radius 2 is 1.59 bits per heavy atom. The van der Waals surface area contributed by atoms with Crippen molar-refractivity contribution in [1.29, 1.82) is 0 Å². The molecular weight excluding hydrogens is 417 g/mol. The first-order valence-corrected chi connectivity index (χ1v) is 10.5. The summed E-state index contributed by atoms with van der Waals surface area (Å²) in [5.41, 5.74) is 0.522. The topological polar surface area (TPSA) is 117 Å². The van der Waals surface area contributed by atoms with Gasteiger partial charge in [0.15, 0.2) is 0 Å². The van der Waals surface area contributed by atoms with Crippen molar-refractivity contribution in [3.63, 3.8) is 0 Å². The Bertz CT molecular complexity index is 943. The molecule has 2 aromatic rings. The molecule has 3 amide bonds. The lowest BCUT2D eigenvalue weighted by atomic mass is 9.87. The first-order valence-electron chi connectivity index (χ1n) is 10.5. The lowest BCUT2D eigenvalue weighted by Gasteiger charge is -2.26. The van der Waals surface area contributed by atoms with Gasteiger partial charge in [0.1, 0.15) is 11.6 Å². The van der Waals surface area contributed by atoms with E-state index in [-0.39, 0.29) is 36.7 Å². The van der Waals surface area contributed by atoms with E-state index >= 15 is 0 Å². The lowest BCUT2D eigenvalue weighted by molar-refractivity contribution is -0.143. The summed E-state index contributed by atoms with van der Waals surface area (Å²) in [6.45, 7) is 0.376. The van der Waals surface area contributed by atoms with E-state index in [9.17, 15) is 18.8 Å². The summed E-state index contributed by atoms with van der Waals surface area (Å²) in [6, 6.07) is 12.0. The Labute approximate surface area is 185 Å². The molecule has 3 rings (SSSR count). The van der Waals surface area contributed by atoms with E-state index in [4.69, 9.17) is 9.84 Å². The lowest BCUT2D eigenvalue weighted by Crippen LogP contribution is -2.36. The third kappa shape index (κ3) is 6.69. The number of carboxylic acids is 1. The maximum atomic E-state index is 13.5. The van der Waals surface area contributed by atoms with Crippen LogP contribution in [0.25, 0.3) is 0 Å². The molecule has 1 saturated carbocycles. The van der Waals surface area contributed by atoms with Gasteiger partial charge in [-0.25, -0.2) is 9.18 Å². The van der Waals surface area contributed by atoms with Crippen LogP contribution in [0.1, 0.15) is 36.0 Å². The molecule has 0 heterocycles. The molecule has 32 heavy (non-hydrogen) atoms. The summed E-state index contributed by atoms with van der Waals surface area (Å²) >= 11 is 0. The monoisotopic (exact) mass is 443 g/mol. The molecule has 0 radical (unpaired) electrons. The number of hydrogen-bond donors (Lipinski definition) is 4. The van der Waals surface area contributed by atoms with E-state index in [1.54, 1.807) is 30.3 Å². The number of nitrogens with one attached hydrogen (secondary N) is 3. The Morgan fingerprint density at radius 1 is 0.938 bits per heavy atom. The molecule has 170 valence electrons. The standard InChI is InChI=1S/C23H26FN3O5/c24-19-3-1-2-4-20(19)27-23(31)26-14-13-25-21(28)15-5-9-17(10-6-15)32-18-11-7-16(8-12-18)22(29)30/h1-6,9-10,16,18H,7-8,11-14H2,(H,25,28)(H,29,30)(H2,26,27,31)/t16-,18+. The molecule has 1 aliphatic carbocycles. The van der Waals surface area contributed by atoms with Crippen molar-refractivity contribution in [2.75, 3.05) is 18.4 Å². The summed E-state index contributed by atoms with van der Waals surface area (Å²) in [4.78, 5) is 35.0.